The van der Waals surface area contributed by atoms with E-state index in [0.29, 0.717) is 5.92 Å². The second kappa shape index (κ2) is 9.03. The van der Waals surface area contributed by atoms with Crippen molar-refractivity contribution in [2.75, 3.05) is 14.2 Å². The Labute approximate surface area is 170 Å². The van der Waals surface area contributed by atoms with Crippen molar-refractivity contribution in [3.05, 3.63) is 47.5 Å². The maximum Gasteiger partial charge on any atom is 0.130 e. The summed E-state index contributed by atoms with van der Waals surface area (Å²) in [6, 6.07) is 14.5. The monoisotopic (exact) mass is 377 g/mol. The van der Waals surface area contributed by atoms with Crippen molar-refractivity contribution < 1.29 is 9.47 Å². The van der Waals surface area contributed by atoms with Crippen LogP contribution in [0.1, 0.15) is 87.2 Å². The number of methoxy groups -OCH3 is 2. The van der Waals surface area contributed by atoms with E-state index in [1.54, 1.807) is 19.8 Å². The van der Waals surface area contributed by atoms with Crippen LogP contribution in [0.4, 0.5) is 0 Å². The molecule has 2 nitrogen and oxygen atoms in total. The van der Waals surface area contributed by atoms with E-state index in [1.165, 1.54) is 69.8 Å². The van der Waals surface area contributed by atoms with E-state index in [9.17, 15) is 0 Å². The van der Waals surface area contributed by atoms with E-state index in [2.05, 4.69) is 18.2 Å². The fourth-order valence-corrected chi connectivity index (χ4v) is 5.28. The van der Waals surface area contributed by atoms with Gasteiger partial charge in [0.25, 0.3) is 0 Å². The average Bonchev–Trinajstić information content (AvgIpc) is 2.79. The van der Waals surface area contributed by atoms with Gasteiger partial charge in [0.2, 0.25) is 0 Å². The molecule has 1 radical (unpaired) electrons. The Hall–Kier alpha value is -1.96. The standard InChI is InChI=1S/C26H33O2/c1-27-24-14-9-15-25(28-2)26(24)21-16-17-22(19-10-5-3-6-11-19)23(18-21)20-12-7-4-8-13-20/h9,14-17,19-20H,3-8,10-13H2,1-2H3. The van der Waals surface area contributed by atoms with E-state index in [1.807, 2.05) is 18.2 Å². The van der Waals surface area contributed by atoms with Crippen LogP contribution in [0.2, 0.25) is 0 Å². The molecule has 28 heavy (non-hydrogen) atoms. The SMILES string of the molecule is COc1cccc(OC)c1-c1[c]c(C2CCCCC2)c(C2CCCCC2)cc1. The zero-order valence-electron chi connectivity index (χ0n) is 17.4. The van der Waals surface area contributed by atoms with Gasteiger partial charge in [0.15, 0.2) is 0 Å². The van der Waals surface area contributed by atoms with Crippen molar-refractivity contribution >= 4 is 0 Å². The van der Waals surface area contributed by atoms with Crippen molar-refractivity contribution in [3.63, 3.8) is 0 Å². The highest BCUT2D eigenvalue weighted by atomic mass is 16.5. The first kappa shape index (κ1) is 19.4. The van der Waals surface area contributed by atoms with Crippen LogP contribution in [0.25, 0.3) is 11.1 Å². The number of ether oxygens (including phenoxy) is 2. The highest BCUT2D eigenvalue weighted by Crippen LogP contribution is 2.44. The van der Waals surface area contributed by atoms with Gasteiger partial charge in [-0.3, -0.25) is 0 Å². The minimum atomic E-state index is 0.659. The highest BCUT2D eigenvalue weighted by molar-refractivity contribution is 5.77. The summed E-state index contributed by atoms with van der Waals surface area (Å²) in [4.78, 5) is 0. The van der Waals surface area contributed by atoms with E-state index in [0.717, 1.165) is 28.5 Å². The van der Waals surface area contributed by atoms with Crippen LogP contribution >= 0.6 is 0 Å². The molecule has 2 aromatic carbocycles. The summed E-state index contributed by atoms with van der Waals surface area (Å²) in [7, 11) is 3.47. The Morgan fingerprint density at radius 2 is 1.29 bits per heavy atom. The second-order valence-electron chi connectivity index (χ2n) is 8.45. The van der Waals surface area contributed by atoms with Crippen LogP contribution < -0.4 is 9.47 Å². The van der Waals surface area contributed by atoms with Gasteiger partial charge in [-0.2, -0.15) is 0 Å². The van der Waals surface area contributed by atoms with Crippen LogP contribution in [-0.2, 0) is 0 Å². The third-order valence-electron chi connectivity index (χ3n) is 6.77. The molecule has 0 saturated heterocycles. The molecule has 0 N–H and O–H groups in total. The molecule has 0 amide bonds. The third-order valence-corrected chi connectivity index (χ3v) is 6.77. The third kappa shape index (κ3) is 3.92. The van der Waals surface area contributed by atoms with Gasteiger partial charge in [0.1, 0.15) is 11.5 Å². The Bertz CT molecular complexity index is 761. The molecular weight excluding hydrogens is 344 g/mol. The van der Waals surface area contributed by atoms with Gasteiger partial charge in [-0.25, -0.2) is 0 Å². The lowest BCUT2D eigenvalue weighted by Crippen LogP contribution is -2.13. The number of benzene rings is 2. The van der Waals surface area contributed by atoms with Gasteiger partial charge in [-0.15, -0.1) is 0 Å². The van der Waals surface area contributed by atoms with Crippen LogP contribution in [-0.4, -0.2) is 14.2 Å². The molecule has 4 rings (SSSR count). The van der Waals surface area contributed by atoms with Gasteiger partial charge in [0, 0.05) is 0 Å². The molecule has 2 fully saturated rings. The molecule has 2 saturated carbocycles. The van der Waals surface area contributed by atoms with Gasteiger partial charge >= 0.3 is 0 Å². The van der Waals surface area contributed by atoms with Crippen molar-refractivity contribution in [1.82, 2.24) is 0 Å². The molecular formula is C26H33O2. The van der Waals surface area contributed by atoms with Gasteiger partial charge < -0.3 is 9.47 Å². The van der Waals surface area contributed by atoms with Crippen LogP contribution in [0.5, 0.6) is 11.5 Å². The molecule has 2 heteroatoms. The van der Waals surface area contributed by atoms with Crippen LogP contribution in [0.3, 0.4) is 0 Å². The molecule has 0 bridgehead atoms. The number of rotatable bonds is 5. The fourth-order valence-electron chi connectivity index (χ4n) is 5.28. The first-order chi connectivity index (χ1) is 13.8. The van der Waals surface area contributed by atoms with Gasteiger partial charge in [0.05, 0.1) is 19.8 Å². The summed E-state index contributed by atoms with van der Waals surface area (Å²) in [5, 5.41) is 0. The summed E-state index contributed by atoms with van der Waals surface area (Å²) in [6.07, 6.45) is 13.5. The Balaban J connectivity index is 1.80. The smallest absolute Gasteiger partial charge is 0.130 e. The maximum absolute atomic E-state index is 5.67. The lowest BCUT2D eigenvalue weighted by Gasteiger charge is -2.30. The molecule has 0 unspecified atom stereocenters. The average molecular weight is 378 g/mol. The molecule has 0 aliphatic heterocycles. The van der Waals surface area contributed by atoms with Crippen LogP contribution in [0.15, 0.2) is 30.3 Å². The van der Waals surface area contributed by atoms with E-state index >= 15 is 0 Å². The summed E-state index contributed by atoms with van der Waals surface area (Å²) in [5.41, 5.74) is 5.19. The Kier molecular flexibility index (Phi) is 6.24. The summed E-state index contributed by atoms with van der Waals surface area (Å²) in [6.45, 7) is 0. The topological polar surface area (TPSA) is 18.5 Å². The molecule has 0 heterocycles. The lowest BCUT2D eigenvalue weighted by molar-refractivity contribution is 0.397. The summed E-state index contributed by atoms with van der Waals surface area (Å²) >= 11 is 0. The number of hydrogen-bond donors (Lipinski definition) is 0. The quantitative estimate of drug-likeness (QED) is 0.545. The summed E-state index contributed by atoms with van der Waals surface area (Å²) in [5.74, 6) is 3.09. The molecule has 2 aliphatic rings. The molecule has 0 aromatic heterocycles. The maximum atomic E-state index is 5.67. The lowest BCUT2D eigenvalue weighted by atomic mass is 9.75. The molecule has 0 spiro atoms. The molecule has 0 atom stereocenters. The predicted octanol–water partition coefficient (Wildman–Crippen LogP) is 7.27. The normalized spacial score (nSPS) is 18.8. The predicted molar refractivity (Wildman–Crippen MR) is 115 cm³/mol. The van der Waals surface area contributed by atoms with E-state index < -0.39 is 0 Å². The molecule has 2 aliphatic carbocycles. The highest BCUT2D eigenvalue weighted by Gasteiger charge is 2.25. The largest absolute Gasteiger partial charge is 0.496 e. The number of hydrogen-bond acceptors (Lipinski definition) is 2. The Morgan fingerprint density at radius 1 is 0.714 bits per heavy atom. The minimum Gasteiger partial charge on any atom is -0.496 e. The van der Waals surface area contributed by atoms with Gasteiger partial charge in [-0.05, 0) is 72.4 Å². The van der Waals surface area contributed by atoms with Gasteiger partial charge in [-0.1, -0.05) is 56.7 Å². The fraction of sp³-hybridized carbons (Fsp3) is 0.538. The van der Waals surface area contributed by atoms with Crippen molar-refractivity contribution in [1.29, 1.82) is 0 Å². The Morgan fingerprint density at radius 3 is 1.86 bits per heavy atom. The van der Waals surface area contributed by atoms with Crippen molar-refractivity contribution in [3.8, 4) is 22.6 Å². The first-order valence-electron chi connectivity index (χ1n) is 11.1. The van der Waals surface area contributed by atoms with E-state index in [4.69, 9.17) is 9.47 Å². The minimum absolute atomic E-state index is 0.659. The zero-order chi connectivity index (χ0) is 19.3. The first-order valence-corrected chi connectivity index (χ1v) is 11.1. The summed E-state index contributed by atoms with van der Waals surface area (Å²) < 4.78 is 11.3. The second-order valence-corrected chi connectivity index (χ2v) is 8.45. The zero-order valence-corrected chi connectivity index (χ0v) is 17.4. The van der Waals surface area contributed by atoms with E-state index in [-0.39, 0.29) is 0 Å². The molecule has 2 aromatic rings. The molecule has 149 valence electrons. The van der Waals surface area contributed by atoms with Crippen molar-refractivity contribution in [2.45, 2.75) is 76.0 Å². The van der Waals surface area contributed by atoms with Crippen LogP contribution in [0, 0.1) is 6.07 Å². The van der Waals surface area contributed by atoms with Crippen molar-refractivity contribution in [2.24, 2.45) is 0 Å².